The number of rotatable bonds is 7. The van der Waals surface area contributed by atoms with Crippen molar-refractivity contribution in [3.8, 4) is 11.5 Å². The average molecular weight is 483 g/mol. The number of benzene rings is 2. The highest BCUT2D eigenvalue weighted by atomic mass is 16.5. The Labute approximate surface area is 208 Å². The van der Waals surface area contributed by atoms with Crippen molar-refractivity contribution < 1.29 is 9.53 Å². The molecule has 3 aromatic heterocycles. The normalized spacial score (nSPS) is 11.1. The molecule has 3 heterocycles. The number of amides is 1. The molecular weight excluding hydrogens is 456 g/mol. The van der Waals surface area contributed by atoms with Crippen LogP contribution in [-0.4, -0.2) is 41.9 Å². The monoisotopic (exact) mass is 482 g/mol. The number of hydrogen-bond acceptors (Lipinski definition) is 8. The molecule has 36 heavy (non-hydrogen) atoms. The van der Waals surface area contributed by atoms with Gasteiger partial charge in [0.2, 0.25) is 11.9 Å². The standard InChI is InChI=1S/C26H26N8O2/c1-5-10-34(17(3)35)26-27-13-21-24(32-26)25(29-14-28-21)31-18-6-9-23(16(2)11-18)36-19-7-8-22-20(12-19)30-15-33(22)4/h6-9,11-15H,5,10H2,1-4H3,(H,28,29,31). The lowest BCUT2D eigenvalue weighted by Gasteiger charge is -2.18. The SMILES string of the molecule is CCCN(C(C)=O)c1ncc2ncnc(Nc3ccc(Oc4ccc5c(c4)ncn5C)c(C)c3)c2n1. The second-order valence-corrected chi connectivity index (χ2v) is 8.51. The molecule has 1 amide bonds. The summed E-state index contributed by atoms with van der Waals surface area (Å²) < 4.78 is 8.10. The number of hydrogen-bond donors (Lipinski definition) is 1. The van der Waals surface area contributed by atoms with E-state index in [0.717, 1.165) is 40.2 Å². The van der Waals surface area contributed by atoms with Crippen LogP contribution in [0.3, 0.4) is 0 Å². The smallest absolute Gasteiger partial charge is 0.232 e. The Kier molecular flexibility index (Phi) is 6.16. The molecule has 0 spiro atoms. The van der Waals surface area contributed by atoms with Gasteiger partial charge in [-0.1, -0.05) is 6.92 Å². The van der Waals surface area contributed by atoms with E-state index in [-0.39, 0.29) is 5.91 Å². The molecule has 0 bridgehead atoms. The summed E-state index contributed by atoms with van der Waals surface area (Å²) in [5.41, 5.74) is 4.80. The third-order valence-corrected chi connectivity index (χ3v) is 5.80. The molecule has 0 aliphatic carbocycles. The van der Waals surface area contributed by atoms with Crippen molar-refractivity contribution in [2.75, 3.05) is 16.8 Å². The summed E-state index contributed by atoms with van der Waals surface area (Å²) in [5, 5.41) is 3.32. The van der Waals surface area contributed by atoms with Gasteiger partial charge in [-0.3, -0.25) is 9.69 Å². The summed E-state index contributed by atoms with van der Waals surface area (Å²) in [5.74, 6) is 2.20. The molecular formula is C26H26N8O2. The highest BCUT2D eigenvalue weighted by Gasteiger charge is 2.16. The fraction of sp³-hybridized carbons (Fsp3) is 0.231. The van der Waals surface area contributed by atoms with Crippen molar-refractivity contribution in [3.05, 3.63) is 60.8 Å². The fourth-order valence-corrected chi connectivity index (χ4v) is 3.97. The maximum absolute atomic E-state index is 12.1. The maximum Gasteiger partial charge on any atom is 0.232 e. The van der Waals surface area contributed by atoms with Gasteiger partial charge in [-0.25, -0.2) is 24.9 Å². The lowest BCUT2D eigenvalue weighted by atomic mass is 10.2. The molecule has 0 unspecified atom stereocenters. The minimum Gasteiger partial charge on any atom is -0.457 e. The van der Waals surface area contributed by atoms with E-state index in [0.29, 0.717) is 29.3 Å². The van der Waals surface area contributed by atoms with E-state index in [4.69, 9.17) is 4.74 Å². The van der Waals surface area contributed by atoms with Gasteiger partial charge in [-0.2, -0.15) is 0 Å². The highest BCUT2D eigenvalue weighted by Crippen LogP contribution is 2.31. The van der Waals surface area contributed by atoms with Crippen LogP contribution in [0.15, 0.2) is 55.2 Å². The number of aromatic nitrogens is 6. The van der Waals surface area contributed by atoms with Crippen molar-refractivity contribution >= 4 is 45.4 Å². The third-order valence-electron chi connectivity index (χ3n) is 5.80. The summed E-state index contributed by atoms with van der Waals surface area (Å²) in [6, 6.07) is 11.6. The number of ether oxygens (including phenoxy) is 1. The Bertz CT molecular complexity index is 1580. The fourth-order valence-electron chi connectivity index (χ4n) is 3.97. The molecule has 10 nitrogen and oxygen atoms in total. The molecule has 182 valence electrons. The quantitative estimate of drug-likeness (QED) is 0.348. The molecule has 0 saturated heterocycles. The summed E-state index contributed by atoms with van der Waals surface area (Å²) >= 11 is 0. The molecule has 5 aromatic rings. The Hall–Kier alpha value is -4.60. The van der Waals surface area contributed by atoms with E-state index in [2.05, 4.69) is 30.2 Å². The number of carbonyl (C=O) groups is 1. The molecule has 1 N–H and O–H groups in total. The van der Waals surface area contributed by atoms with Gasteiger partial charge in [-0.05, 0) is 49.2 Å². The summed E-state index contributed by atoms with van der Waals surface area (Å²) in [7, 11) is 1.96. The Morgan fingerprint density at radius 3 is 2.72 bits per heavy atom. The van der Waals surface area contributed by atoms with Crippen molar-refractivity contribution in [2.45, 2.75) is 27.2 Å². The number of anilines is 3. The Morgan fingerprint density at radius 2 is 1.94 bits per heavy atom. The van der Waals surface area contributed by atoms with Crippen LogP contribution in [0.4, 0.5) is 17.5 Å². The average Bonchev–Trinajstić information content (AvgIpc) is 3.24. The van der Waals surface area contributed by atoms with Crippen molar-refractivity contribution in [2.24, 2.45) is 7.05 Å². The Balaban J connectivity index is 1.41. The van der Waals surface area contributed by atoms with Crippen molar-refractivity contribution in [1.29, 1.82) is 0 Å². The molecule has 10 heteroatoms. The van der Waals surface area contributed by atoms with E-state index in [1.807, 2.05) is 61.9 Å². The first-order valence-electron chi connectivity index (χ1n) is 11.7. The van der Waals surface area contributed by atoms with Crippen LogP contribution in [0.5, 0.6) is 11.5 Å². The highest BCUT2D eigenvalue weighted by molar-refractivity contribution is 5.92. The minimum atomic E-state index is -0.115. The van der Waals surface area contributed by atoms with Gasteiger partial charge in [0, 0.05) is 32.3 Å². The van der Waals surface area contributed by atoms with Gasteiger partial charge in [-0.15, -0.1) is 0 Å². The number of imidazole rings is 1. The van der Waals surface area contributed by atoms with Gasteiger partial charge in [0.1, 0.15) is 28.9 Å². The molecule has 0 aliphatic heterocycles. The van der Waals surface area contributed by atoms with Crippen LogP contribution in [0.2, 0.25) is 0 Å². The third kappa shape index (κ3) is 4.52. The predicted molar refractivity (Wildman–Crippen MR) is 139 cm³/mol. The first kappa shape index (κ1) is 23.2. The number of aryl methyl sites for hydroxylation is 2. The first-order chi connectivity index (χ1) is 17.4. The number of nitrogens with zero attached hydrogens (tertiary/aromatic N) is 7. The van der Waals surface area contributed by atoms with Crippen LogP contribution in [-0.2, 0) is 11.8 Å². The van der Waals surface area contributed by atoms with Gasteiger partial charge in [0.25, 0.3) is 0 Å². The summed E-state index contributed by atoms with van der Waals surface area (Å²) in [6.45, 7) is 6.02. The van der Waals surface area contributed by atoms with Crippen LogP contribution < -0.4 is 15.0 Å². The van der Waals surface area contributed by atoms with Crippen molar-refractivity contribution in [1.82, 2.24) is 29.5 Å². The van der Waals surface area contributed by atoms with E-state index in [1.54, 1.807) is 17.4 Å². The molecule has 0 radical (unpaired) electrons. The maximum atomic E-state index is 12.1. The van der Waals surface area contributed by atoms with E-state index in [1.165, 1.54) is 13.3 Å². The number of nitrogens with one attached hydrogen (secondary N) is 1. The first-order valence-corrected chi connectivity index (χ1v) is 11.7. The van der Waals surface area contributed by atoms with Gasteiger partial charge in [0.05, 0.1) is 23.6 Å². The van der Waals surface area contributed by atoms with Crippen LogP contribution in [0, 0.1) is 6.92 Å². The molecule has 0 aliphatic rings. The van der Waals surface area contributed by atoms with E-state index in [9.17, 15) is 4.79 Å². The zero-order valence-corrected chi connectivity index (χ0v) is 20.6. The van der Waals surface area contributed by atoms with E-state index >= 15 is 0 Å². The zero-order valence-electron chi connectivity index (χ0n) is 20.6. The molecule has 2 aromatic carbocycles. The van der Waals surface area contributed by atoms with E-state index < -0.39 is 0 Å². The second kappa shape index (κ2) is 9.57. The minimum absolute atomic E-state index is 0.115. The largest absolute Gasteiger partial charge is 0.457 e. The lowest BCUT2D eigenvalue weighted by Crippen LogP contribution is -2.30. The summed E-state index contributed by atoms with van der Waals surface area (Å²) in [4.78, 5) is 35.6. The molecule has 0 saturated carbocycles. The van der Waals surface area contributed by atoms with Crippen LogP contribution in [0.1, 0.15) is 25.8 Å². The summed E-state index contributed by atoms with van der Waals surface area (Å²) in [6.07, 6.45) is 5.64. The van der Waals surface area contributed by atoms with Gasteiger partial charge < -0.3 is 14.6 Å². The second-order valence-electron chi connectivity index (χ2n) is 8.51. The number of carbonyl (C=O) groups excluding carboxylic acids is 1. The van der Waals surface area contributed by atoms with Gasteiger partial charge in [0.15, 0.2) is 5.82 Å². The molecule has 5 rings (SSSR count). The predicted octanol–water partition coefficient (Wildman–Crippen LogP) is 4.91. The van der Waals surface area contributed by atoms with Crippen LogP contribution in [0.25, 0.3) is 22.1 Å². The Morgan fingerprint density at radius 1 is 1.08 bits per heavy atom. The number of fused-ring (bicyclic) bond motifs is 2. The lowest BCUT2D eigenvalue weighted by molar-refractivity contribution is -0.116. The van der Waals surface area contributed by atoms with Gasteiger partial charge >= 0.3 is 0 Å². The zero-order chi connectivity index (χ0) is 25.2. The van der Waals surface area contributed by atoms with Crippen LogP contribution >= 0.6 is 0 Å². The topological polar surface area (TPSA) is 111 Å². The van der Waals surface area contributed by atoms with Crippen molar-refractivity contribution in [3.63, 3.8) is 0 Å². The molecule has 0 fully saturated rings. The molecule has 0 atom stereocenters.